The third-order valence-electron chi connectivity index (χ3n) is 12.0. The van der Waals surface area contributed by atoms with E-state index in [1.807, 2.05) is 35.6 Å². The molecule has 13 rings (SSSR count). The topological polar surface area (TPSA) is 39.2 Å². The van der Waals surface area contributed by atoms with Crippen LogP contribution in [-0.4, -0.2) is 4.98 Å². The standard InChI is InChI=1S/C55H31NO2S2/c1-4-10-47-41(7-1)44-29-36(21-26-49(44)57-47)32-13-17-34(18-14-32)39-24-25-40(35-19-15-33(16-20-35)37-22-27-50-45(30-37)42-8-2-5-11-48(42)58-50)54-53(39)56-55(60-54)38-23-28-52-46(31-38)43-9-3-6-12-51(43)59-52/h1-31H. The Morgan fingerprint density at radius 1 is 0.317 bits per heavy atom. The zero-order chi connectivity index (χ0) is 39.3. The Hall–Kier alpha value is -7.31. The van der Waals surface area contributed by atoms with Gasteiger partial charge in [0.25, 0.3) is 0 Å². The highest BCUT2D eigenvalue weighted by molar-refractivity contribution is 7.26. The average molecular weight is 802 g/mol. The maximum Gasteiger partial charge on any atom is 0.135 e. The fourth-order valence-corrected chi connectivity index (χ4v) is 11.2. The van der Waals surface area contributed by atoms with Crippen molar-refractivity contribution < 1.29 is 8.83 Å². The molecule has 0 N–H and O–H groups in total. The fraction of sp³-hybridized carbons (Fsp3) is 0. The molecule has 0 fully saturated rings. The lowest BCUT2D eigenvalue weighted by Crippen LogP contribution is -1.86. The Kier molecular flexibility index (Phi) is 7.35. The summed E-state index contributed by atoms with van der Waals surface area (Å²) >= 11 is 3.62. The summed E-state index contributed by atoms with van der Waals surface area (Å²) < 4.78 is 16.0. The molecule has 0 atom stereocenters. The molecule has 0 unspecified atom stereocenters. The molecule has 280 valence electrons. The van der Waals surface area contributed by atoms with Crippen molar-refractivity contribution in [3.8, 4) is 55.1 Å². The Morgan fingerprint density at radius 3 is 1.43 bits per heavy atom. The molecule has 60 heavy (non-hydrogen) atoms. The molecule has 3 nitrogen and oxygen atoms in total. The minimum absolute atomic E-state index is 0.906. The normalized spacial score (nSPS) is 12.0. The van der Waals surface area contributed by atoms with Crippen molar-refractivity contribution in [3.63, 3.8) is 0 Å². The van der Waals surface area contributed by atoms with Crippen LogP contribution >= 0.6 is 22.7 Å². The van der Waals surface area contributed by atoms with E-state index < -0.39 is 0 Å². The molecule has 0 aliphatic heterocycles. The molecular weight excluding hydrogens is 771 g/mol. The number of para-hydroxylation sites is 2. The summed E-state index contributed by atoms with van der Waals surface area (Å²) in [4.78, 5) is 5.47. The Labute approximate surface area is 352 Å². The first-order valence-corrected chi connectivity index (χ1v) is 21.7. The number of thiophene rings is 1. The smallest absolute Gasteiger partial charge is 0.135 e. The average Bonchev–Trinajstić information content (AvgIpc) is 4.10. The van der Waals surface area contributed by atoms with Crippen LogP contribution in [-0.2, 0) is 0 Å². The van der Waals surface area contributed by atoms with Crippen molar-refractivity contribution in [2.24, 2.45) is 0 Å². The second kappa shape index (κ2) is 13.1. The highest BCUT2D eigenvalue weighted by Crippen LogP contribution is 2.44. The van der Waals surface area contributed by atoms with Crippen LogP contribution in [0.15, 0.2) is 197 Å². The fourth-order valence-electron chi connectivity index (χ4n) is 8.95. The van der Waals surface area contributed by atoms with Crippen LogP contribution in [0.3, 0.4) is 0 Å². The van der Waals surface area contributed by atoms with Gasteiger partial charge in [0.1, 0.15) is 27.3 Å². The second-order valence-corrected chi connectivity index (χ2v) is 17.5. The third-order valence-corrected chi connectivity index (χ3v) is 14.3. The lowest BCUT2D eigenvalue weighted by molar-refractivity contribution is 0.668. The predicted octanol–water partition coefficient (Wildman–Crippen LogP) is 16.8. The number of fused-ring (bicyclic) bond motifs is 10. The highest BCUT2D eigenvalue weighted by atomic mass is 32.1. The van der Waals surface area contributed by atoms with Crippen molar-refractivity contribution in [2.45, 2.75) is 0 Å². The maximum atomic E-state index is 6.12. The molecule has 4 aromatic heterocycles. The molecule has 9 aromatic carbocycles. The predicted molar refractivity (Wildman–Crippen MR) is 254 cm³/mol. The van der Waals surface area contributed by atoms with E-state index in [0.29, 0.717) is 0 Å². The van der Waals surface area contributed by atoms with Gasteiger partial charge in [0.05, 0.1) is 10.2 Å². The van der Waals surface area contributed by atoms with Crippen molar-refractivity contribution >= 4 is 96.9 Å². The number of nitrogens with zero attached hydrogens (tertiary/aromatic N) is 1. The molecule has 0 amide bonds. The third kappa shape index (κ3) is 5.30. The number of hydrogen-bond donors (Lipinski definition) is 0. The summed E-state index contributed by atoms with van der Waals surface area (Å²) in [5, 5.41) is 8.14. The van der Waals surface area contributed by atoms with Gasteiger partial charge in [-0.2, -0.15) is 0 Å². The van der Waals surface area contributed by atoms with Crippen LogP contribution in [0.2, 0.25) is 0 Å². The Morgan fingerprint density at radius 2 is 0.783 bits per heavy atom. The SMILES string of the molecule is c1ccc2c(c1)oc1ccc(-c3ccc(-c4ccc(-c5ccc(-c6ccc7oc8ccccc8c7c6)cc5)c5sc(-c6ccc7sc8ccccc8c7c6)nc45)cc3)cc12. The van der Waals surface area contributed by atoms with Gasteiger partial charge in [-0.15, -0.1) is 22.7 Å². The van der Waals surface area contributed by atoms with E-state index in [9.17, 15) is 0 Å². The second-order valence-electron chi connectivity index (χ2n) is 15.4. The van der Waals surface area contributed by atoms with Gasteiger partial charge < -0.3 is 8.83 Å². The summed E-state index contributed by atoms with van der Waals surface area (Å²) in [6, 6.07) is 67.4. The van der Waals surface area contributed by atoms with Gasteiger partial charge >= 0.3 is 0 Å². The van der Waals surface area contributed by atoms with Gasteiger partial charge in [0.15, 0.2) is 0 Å². The number of thiazole rings is 1. The first-order chi connectivity index (χ1) is 29.7. The van der Waals surface area contributed by atoms with Gasteiger partial charge in [0, 0.05) is 58.4 Å². The maximum absolute atomic E-state index is 6.12. The first kappa shape index (κ1) is 33.6. The molecule has 0 saturated carbocycles. The number of hydrogen-bond acceptors (Lipinski definition) is 5. The van der Waals surface area contributed by atoms with Crippen LogP contribution in [0, 0.1) is 0 Å². The molecule has 0 spiro atoms. The largest absolute Gasteiger partial charge is 0.456 e. The molecule has 13 aromatic rings. The van der Waals surface area contributed by atoms with E-state index in [1.54, 1.807) is 11.3 Å². The first-order valence-electron chi connectivity index (χ1n) is 20.1. The quantitative estimate of drug-likeness (QED) is 0.174. The zero-order valence-corrected chi connectivity index (χ0v) is 33.6. The lowest BCUT2D eigenvalue weighted by Gasteiger charge is -2.10. The van der Waals surface area contributed by atoms with Crippen LogP contribution in [0.1, 0.15) is 0 Å². The summed E-state index contributed by atoms with van der Waals surface area (Å²) in [5.74, 6) is 0. The summed E-state index contributed by atoms with van der Waals surface area (Å²) in [6.07, 6.45) is 0. The number of benzene rings is 9. The number of rotatable bonds is 5. The number of furan rings is 2. The van der Waals surface area contributed by atoms with Crippen LogP contribution in [0.25, 0.3) is 129 Å². The minimum atomic E-state index is 0.906. The van der Waals surface area contributed by atoms with Crippen LogP contribution in [0.4, 0.5) is 0 Å². The van der Waals surface area contributed by atoms with E-state index in [2.05, 4.69) is 164 Å². The van der Waals surface area contributed by atoms with Crippen LogP contribution < -0.4 is 0 Å². The summed E-state index contributed by atoms with van der Waals surface area (Å²) in [7, 11) is 0. The molecule has 0 saturated heterocycles. The Bertz CT molecular complexity index is 3630. The van der Waals surface area contributed by atoms with E-state index in [0.717, 1.165) is 87.8 Å². The monoisotopic (exact) mass is 801 g/mol. The van der Waals surface area contributed by atoms with Gasteiger partial charge in [-0.25, -0.2) is 4.98 Å². The van der Waals surface area contributed by atoms with Crippen molar-refractivity contribution in [1.29, 1.82) is 0 Å². The van der Waals surface area contributed by atoms with Crippen LogP contribution in [0.5, 0.6) is 0 Å². The minimum Gasteiger partial charge on any atom is -0.456 e. The Balaban J connectivity index is 0.918. The van der Waals surface area contributed by atoms with Gasteiger partial charge in [0.2, 0.25) is 0 Å². The molecule has 5 heteroatoms. The van der Waals surface area contributed by atoms with Crippen molar-refractivity contribution in [1.82, 2.24) is 4.98 Å². The van der Waals surface area contributed by atoms with Crippen molar-refractivity contribution in [3.05, 3.63) is 188 Å². The van der Waals surface area contributed by atoms with E-state index in [1.165, 1.54) is 41.6 Å². The highest BCUT2D eigenvalue weighted by Gasteiger charge is 2.18. The van der Waals surface area contributed by atoms with E-state index >= 15 is 0 Å². The van der Waals surface area contributed by atoms with Gasteiger partial charge in [-0.1, -0.05) is 133 Å². The molecule has 0 radical (unpaired) electrons. The van der Waals surface area contributed by atoms with E-state index in [4.69, 9.17) is 13.8 Å². The van der Waals surface area contributed by atoms with Gasteiger partial charge in [-0.3, -0.25) is 0 Å². The summed E-state index contributed by atoms with van der Waals surface area (Å²) in [6.45, 7) is 0. The van der Waals surface area contributed by atoms with E-state index in [-0.39, 0.29) is 0 Å². The number of aromatic nitrogens is 1. The molecule has 0 bridgehead atoms. The lowest BCUT2D eigenvalue weighted by atomic mass is 9.95. The van der Waals surface area contributed by atoms with Gasteiger partial charge in [-0.05, 0) is 88.0 Å². The van der Waals surface area contributed by atoms with Crippen molar-refractivity contribution in [2.75, 3.05) is 0 Å². The molecular formula is C55H31NO2S2. The molecule has 0 aliphatic carbocycles. The zero-order valence-electron chi connectivity index (χ0n) is 32.0. The molecule has 0 aliphatic rings. The molecule has 4 heterocycles. The summed E-state index contributed by atoms with van der Waals surface area (Å²) in [5.41, 5.74) is 15.1.